The van der Waals surface area contributed by atoms with Crippen molar-refractivity contribution in [3.63, 3.8) is 0 Å². The second-order valence-electron chi connectivity index (χ2n) is 6.25. The molecule has 128 valence electrons. The first-order valence-electron chi connectivity index (χ1n) is 8.23. The Morgan fingerprint density at radius 1 is 1.33 bits per heavy atom. The highest BCUT2D eigenvalue weighted by Crippen LogP contribution is 2.18. The summed E-state index contributed by atoms with van der Waals surface area (Å²) in [4.78, 5) is 14.8. The number of amides is 1. The summed E-state index contributed by atoms with van der Waals surface area (Å²) in [6.07, 6.45) is -0.461. The first kappa shape index (κ1) is 16.7. The fraction of sp³-hybridized carbons (Fsp3) is 0.444. The van der Waals surface area contributed by atoms with Gasteiger partial charge in [-0.3, -0.25) is 14.4 Å². The zero-order valence-corrected chi connectivity index (χ0v) is 14.5. The molecule has 2 heterocycles. The number of hydrogen-bond acceptors (Lipinski definition) is 4. The van der Waals surface area contributed by atoms with Gasteiger partial charge in [0.25, 0.3) is 5.91 Å². The van der Waals surface area contributed by atoms with E-state index in [1.165, 1.54) is 5.56 Å². The van der Waals surface area contributed by atoms with Crippen molar-refractivity contribution in [2.75, 3.05) is 25.0 Å². The van der Waals surface area contributed by atoms with Crippen LogP contribution in [0.15, 0.2) is 30.3 Å². The Hall–Kier alpha value is -2.18. The van der Waals surface area contributed by atoms with Crippen LogP contribution in [0.2, 0.25) is 0 Å². The number of ether oxygens (including phenoxy) is 1. The topological polar surface area (TPSA) is 59.4 Å². The largest absolute Gasteiger partial charge is 0.366 e. The number of morpholine rings is 1. The van der Waals surface area contributed by atoms with Crippen molar-refractivity contribution in [1.82, 2.24) is 14.7 Å². The minimum atomic E-state index is -0.461. The van der Waals surface area contributed by atoms with Gasteiger partial charge in [0.15, 0.2) is 0 Å². The second kappa shape index (κ2) is 7.15. The van der Waals surface area contributed by atoms with Crippen LogP contribution in [0.3, 0.4) is 0 Å². The Bertz CT molecular complexity index is 711. The van der Waals surface area contributed by atoms with Crippen molar-refractivity contribution >= 4 is 11.7 Å². The summed E-state index contributed by atoms with van der Waals surface area (Å²) in [6.45, 7) is 6.72. The van der Waals surface area contributed by atoms with Crippen LogP contribution in [0.5, 0.6) is 0 Å². The summed E-state index contributed by atoms with van der Waals surface area (Å²) in [6, 6.07) is 10.3. The van der Waals surface area contributed by atoms with E-state index in [-0.39, 0.29) is 5.91 Å². The molecule has 0 saturated carbocycles. The number of carbonyl (C=O) groups is 1. The van der Waals surface area contributed by atoms with Crippen LogP contribution in [-0.4, -0.2) is 46.4 Å². The summed E-state index contributed by atoms with van der Waals surface area (Å²) >= 11 is 0. The number of carbonyl (C=O) groups excluding carboxylic acids is 1. The minimum absolute atomic E-state index is 0.112. The Labute approximate surface area is 142 Å². The third-order valence-corrected chi connectivity index (χ3v) is 4.46. The van der Waals surface area contributed by atoms with Crippen LogP contribution >= 0.6 is 0 Å². The monoisotopic (exact) mass is 328 g/mol. The zero-order valence-electron chi connectivity index (χ0n) is 14.5. The van der Waals surface area contributed by atoms with Gasteiger partial charge in [-0.25, -0.2) is 0 Å². The maximum Gasteiger partial charge on any atom is 0.255 e. The molecular formula is C18H24N4O2. The van der Waals surface area contributed by atoms with Gasteiger partial charge in [0, 0.05) is 32.2 Å². The Morgan fingerprint density at radius 2 is 2.08 bits per heavy atom. The lowest BCUT2D eigenvalue weighted by Gasteiger charge is -2.32. The maximum absolute atomic E-state index is 12.6. The number of nitrogens with one attached hydrogen (secondary N) is 1. The van der Waals surface area contributed by atoms with Gasteiger partial charge in [0.1, 0.15) is 11.9 Å². The van der Waals surface area contributed by atoms with E-state index >= 15 is 0 Å². The average molecular weight is 328 g/mol. The van der Waals surface area contributed by atoms with E-state index in [1.54, 1.807) is 4.68 Å². The van der Waals surface area contributed by atoms with E-state index < -0.39 is 6.10 Å². The highest BCUT2D eigenvalue weighted by molar-refractivity contribution is 5.94. The maximum atomic E-state index is 12.6. The van der Waals surface area contributed by atoms with Crippen molar-refractivity contribution in [3.05, 3.63) is 47.2 Å². The molecule has 2 aromatic rings. The molecule has 6 heteroatoms. The van der Waals surface area contributed by atoms with Gasteiger partial charge in [-0.1, -0.05) is 30.3 Å². The normalized spacial score (nSPS) is 18.5. The van der Waals surface area contributed by atoms with Gasteiger partial charge in [0.05, 0.1) is 12.3 Å². The molecule has 1 fully saturated rings. The van der Waals surface area contributed by atoms with Crippen LogP contribution in [0, 0.1) is 13.8 Å². The summed E-state index contributed by atoms with van der Waals surface area (Å²) in [7, 11) is 1.83. The predicted molar refractivity (Wildman–Crippen MR) is 92.8 cm³/mol. The lowest BCUT2D eigenvalue weighted by molar-refractivity contribution is -0.133. The molecule has 24 heavy (non-hydrogen) atoms. The highest BCUT2D eigenvalue weighted by Gasteiger charge is 2.27. The quantitative estimate of drug-likeness (QED) is 0.931. The molecule has 0 radical (unpaired) electrons. The molecule has 1 aromatic carbocycles. The van der Waals surface area contributed by atoms with Crippen molar-refractivity contribution in [2.24, 2.45) is 7.05 Å². The summed E-state index contributed by atoms with van der Waals surface area (Å²) in [5.41, 5.74) is 3.16. The standard InChI is InChI=1S/C18H24N4O2/c1-13-14(2)20-21(3)17(13)19-18(23)16-12-22(9-10-24-16)11-15-7-5-4-6-8-15/h4-8,16H,9-12H2,1-3H3,(H,19,23)/t16-/m0/s1. The number of aryl methyl sites for hydroxylation is 2. The Kier molecular flexibility index (Phi) is 4.97. The van der Waals surface area contributed by atoms with Crippen molar-refractivity contribution in [1.29, 1.82) is 0 Å². The molecule has 3 rings (SSSR count). The van der Waals surface area contributed by atoms with Gasteiger partial charge in [-0.15, -0.1) is 0 Å². The molecule has 1 N–H and O–H groups in total. The highest BCUT2D eigenvalue weighted by atomic mass is 16.5. The van der Waals surface area contributed by atoms with Crippen LogP contribution in [-0.2, 0) is 23.1 Å². The van der Waals surface area contributed by atoms with E-state index in [1.807, 2.05) is 39.1 Å². The van der Waals surface area contributed by atoms with Gasteiger partial charge in [-0.05, 0) is 19.4 Å². The molecule has 0 aliphatic carbocycles. The molecular weight excluding hydrogens is 304 g/mol. The van der Waals surface area contributed by atoms with E-state index in [9.17, 15) is 4.79 Å². The fourth-order valence-electron chi connectivity index (χ4n) is 2.98. The predicted octanol–water partition coefficient (Wildman–Crippen LogP) is 1.88. The third-order valence-electron chi connectivity index (χ3n) is 4.46. The first-order valence-corrected chi connectivity index (χ1v) is 8.23. The number of nitrogens with zero attached hydrogens (tertiary/aromatic N) is 3. The molecule has 1 atom stereocenters. The third kappa shape index (κ3) is 3.66. The molecule has 1 saturated heterocycles. The second-order valence-corrected chi connectivity index (χ2v) is 6.25. The lowest BCUT2D eigenvalue weighted by Crippen LogP contribution is -2.47. The molecule has 1 aliphatic heterocycles. The first-order chi connectivity index (χ1) is 11.5. The molecule has 1 aromatic heterocycles. The molecule has 0 unspecified atom stereocenters. The van der Waals surface area contributed by atoms with E-state index in [4.69, 9.17) is 4.74 Å². The average Bonchev–Trinajstić information content (AvgIpc) is 2.82. The molecule has 0 spiro atoms. The van der Waals surface area contributed by atoms with Gasteiger partial charge < -0.3 is 10.1 Å². The number of anilines is 1. The zero-order chi connectivity index (χ0) is 17.1. The Morgan fingerprint density at radius 3 is 2.75 bits per heavy atom. The lowest BCUT2D eigenvalue weighted by atomic mass is 10.2. The number of aromatic nitrogens is 2. The van der Waals surface area contributed by atoms with Gasteiger partial charge in [0.2, 0.25) is 0 Å². The van der Waals surface area contributed by atoms with Gasteiger partial charge in [-0.2, -0.15) is 5.10 Å². The fourth-order valence-corrected chi connectivity index (χ4v) is 2.98. The number of rotatable bonds is 4. The molecule has 1 amide bonds. The molecule has 6 nitrogen and oxygen atoms in total. The van der Waals surface area contributed by atoms with E-state index in [2.05, 4.69) is 27.4 Å². The van der Waals surface area contributed by atoms with Crippen LogP contribution in [0.4, 0.5) is 5.82 Å². The van der Waals surface area contributed by atoms with Gasteiger partial charge >= 0.3 is 0 Å². The molecule has 0 bridgehead atoms. The van der Waals surface area contributed by atoms with E-state index in [0.717, 1.165) is 30.2 Å². The molecule has 1 aliphatic rings. The number of hydrogen-bond donors (Lipinski definition) is 1. The smallest absolute Gasteiger partial charge is 0.255 e. The van der Waals surface area contributed by atoms with Crippen molar-refractivity contribution in [3.8, 4) is 0 Å². The van der Waals surface area contributed by atoms with Crippen LogP contribution in [0.1, 0.15) is 16.8 Å². The van der Waals surface area contributed by atoms with E-state index in [0.29, 0.717) is 13.2 Å². The van der Waals surface area contributed by atoms with Crippen molar-refractivity contribution in [2.45, 2.75) is 26.5 Å². The van der Waals surface area contributed by atoms with Crippen LogP contribution < -0.4 is 5.32 Å². The minimum Gasteiger partial charge on any atom is -0.366 e. The summed E-state index contributed by atoms with van der Waals surface area (Å²) in [5.74, 6) is 0.625. The summed E-state index contributed by atoms with van der Waals surface area (Å²) < 4.78 is 7.38. The SMILES string of the molecule is Cc1nn(C)c(NC(=O)[C@@H]2CN(Cc3ccccc3)CCO2)c1C. The van der Waals surface area contributed by atoms with Crippen molar-refractivity contribution < 1.29 is 9.53 Å². The van der Waals surface area contributed by atoms with Crippen LogP contribution in [0.25, 0.3) is 0 Å². The Balaban J connectivity index is 1.62. The summed E-state index contributed by atoms with van der Waals surface area (Å²) in [5, 5.41) is 7.29. The number of benzene rings is 1.